The first-order valence-corrected chi connectivity index (χ1v) is 6.84. The van der Waals surface area contributed by atoms with Crippen LogP contribution in [0.3, 0.4) is 0 Å². The smallest absolute Gasteiger partial charge is 0.0767 e. The molecule has 3 N–H and O–H groups in total. The monoisotopic (exact) mass is 219 g/mol. The van der Waals surface area contributed by atoms with Crippen molar-refractivity contribution in [2.45, 2.75) is 51.6 Å². The van der Waals surface area contributed by atoms with Crippen molar-refractivity contribution in [3.63, 3.8) is 0 Å². The summed E-state index contributed by atoms with van der Waals surface area (Å²) in [5.74, 6) is 2.41. The van der Waals surface area contributed by atoms with Crippen LogP contribution in [0.15, 0.2) is 0 Å². The molecule has 0 radical (unpaired) electrons. The average Bonchev–Trinajstić information content (AvgIpc) is 2.23. The molecule has 86 valence electrons. The Morgan fingerprint density at radius 3 is 2.36 bits per heavy atom. The molecule has 2 nitrogen and oxygen atoms in total. The summed E-state index contributed by atoms with van der Waals surface area (Å²) in [5.41, 5.74) is 4.92. The Morgan fingerprint density at radius 2 is 1.86 bits per heavy atom. The molecule has 0 spiro atoms. The molecule has 0 saturated heterocycles. The average molecular weight is 219 g/mol. The Kier molecular flexibility index (Phi) is 8.73. The van der Waals surface area contributed by atoms with Gasteiger partial charge in [0, 0.05) is 6.54 Å². The largest absolute Gasteiger partial charge is 0.389 e. The van der Waals surface area contributed by atoms with Crippen molar-refractivity contribution in [1.29, 1.82) is 0 Å². The van der Waals surface area contributed by atoms with Gasteiger partial charge >= 0.3 is 0 Å². The van der Waals surface area contributed by atoms with E-state index in [1.54, 1.807) is 0 Å². The summed E-state index contributed by atoms with van der Waals surface area (Å²) in [5, 5.41) is 9.90. The lowest BCUT2D eigenvalue weighted by molar-refractivity contribution is 0.0360. The molecule has 0 amide bonds. The minimum absolute atomic E-state index is 0.392. The number of thioether (sulfide) groups is 1. The van der Waals surface area contributed by atoms with E-state index in [9.17, 15) is 5.11 Å². The highest BCUT2D eigenvalue weighted by Gasteiger charge is 2.21. The van der Waals surface area contributed by atoms with Crippen LogP contribution in [0.2, 0.25) is 0 Å². The van der Waals surface area contributed by atoms with Gasteiger partial charge in [0.15, 0.2) is 0 Å². The van der Waals surface area contributed by atoms with E-state index in [1.807, 2.05) is 18.7 Å². The summed E-state index contributed by atoms with van der Waals surface area (Å²) in [6, 6.07) is 0. The maximum absolute atomic E-state index is 9.90. The fourth-order valence-corrected chi connectivity index (χ4v) is 2.32. The first kappa shape index (κ1) is 14.3. The second-order valence-electron chi connectivity index (χ2n) is 3.85. The van der Waals surface area contributed by atoms with Crippen LogP contribution in [0, 0.1) is 0 Å². The number of unbranched alkanes of at least 4 members (excludes halogenated alkanes) is 1. The Labute approximate surface area is 92.6 Å². The molecule has 3 heteroatoms. The summed E-state index contributed by atoms with van der Waals surface area (Å²) >= 11 is 1.99. The molecule has 0 bridgehead atoms. The van der Waals surface area contributed by atoms with Gasteiger partial charge in [0.25, 0.3) is 0 Å². The van der Waals surface area contributed by atoms with E-state index < -0.39 is 5.60 Å². The van der Waals surface area contributed by atoms with E-state index in [2.05, 4.69) is 6.92 Å². The number of rotatable bonds is 9. The second-order valence-corrected chi connectivity index (χ2v) is 5.08. The number of aliphatic hydroxyl groups is 1. The molecule has 0 aromatic heterocycles. The lowest BCUT2D eigenvalue weighted by Crippen LogP contribution is -2.36. The van der Waals surface area contributed by atoms with Gasteiger partial charge in [0.05, 0.1) is 5.60 Å². The summed E-state index contributed by atoms with van der Waals surface area (Å²) in [7, 11) is 0. The molecule has 0 aliphatic heterocycles. The van der Waals surface area contributed by atoms with E-state index in [-0.39, 0.29) is 0 Å². The fourth-order valence-electron chi connectivity index (χ4n) is 1.27. The predicted molar refractivity (Wildman–Crippen MR) is 65.8 cm³/mol. The zero-order valence-corrected chi connectivity index (χ0v) is 10.4. The summed E-state index contributed by atoms with van der Waals surface area (Å²) in [4.78, 5) is 0. The normalized spacial score (nSPS) is 15.4. The molecule has 0 fully saturated rings. The van der Waals surface area contributed by atoms with Crippen molar-refractivity contribution >= 4 is 11.8 Å². The Balaban J connectivity index is 3.34. The molecular formula is C11H25NOS. The van der Waals surface area contributed by atoms with Gasteiger partial charge in [-0.15, -0.1) is 0 Å². The van der Waals surface area contributed by atoms with Crippen molar-refractivity contribution in [2.75, 3.05) is 18.1 Å². The van der Waals surface area contributed by atoms with Gasteiger partial charge in [-0.1, -0.05) is 20.3 Å². The fraction of sp³-hybridized carbons (Fsp3) is 1.00. The van der Waals surface area contributed by atoms with E-state index in [1.165, 1.54) is 18.6 Å². The lowest BCUT2D eigenvalue weighted by Gasteiger charge is -2.24. The van der Waals surface area contributed by atoms with Gasteiger partial charge in [0.1, 0.15) is 0 Å². The van der Waals surface area contributed by atoms with E-state index in [0.29, 0.717) is 6.54 Å². The van der Waals surface area contributed by atoms with Crippen LogP contribution >= 0.6 is 11.8 Å². The highest BCUT2D eigenvalue weighted by Crippen LogP contribution is 2.17. The van der Waals surface area contributed by atoms with Crippen LogP contribution in [0.25, 0.3) is 0 Å². The third-order valence-electron chi connectivity index (χ3n) is 2.61. The topological polar surface area (TPSA) is 46.2 Å². The van der Waals surface area contributed by atoms with Crippen molar-refractivity contribution < 1.29 is 5.11 Å². The third-order valence-corrected chi connectivity index (χ3v) is 3.77. The predicted octanol–water partition coefficient (Wildman–Crippen LogP) is 2.40. The Bertz CT molecular complexity index is 126. The minimum Gasteiger partial charge on any atom is -0.389 e. The molecule has 0 aliphatic rings. The maximum atomic E-state index is 9.90. The lowest BCUT2D eigenvalue weighted by atomic mass is 9.95. The molecule has 0 aromatic carbocycles. The van der Waals surface area contributed by atoms with E-state index >= 15 is 0 Å². The molecular weight excluding hydrogens is 194 g/mol. The number of hydrogen-bond acceptors (Lipinski definition) is 3. The zero-order valence-electron chi connectivity index (χ0n) is 9.59. The van der Waals surface area contributed by atoms with Crippen LogP contribution in [-0.4, -0.2) is 28.8 Å². The molecule has 0 aromatic rings. The van der Waals surface area contributed by atoms with Crippen molar-refractivity contribution in [1.82, 2.24) is 0 Å². The summed E-state index contributed by atoms with van der Waals surface area (Å²) in [6.07, 6.45) is 5.27. The second kappa shape index (κ2) is 8.57. The van der Waals surface area contributed by atoms with Crippen LogP contribution in [0.1, 0.15) is 46.0 Å². The molecule has 0 saturated carbocycles. The maximum Gasteiger partial charge on any atom is 0.0767 e. The molecule has 1 unspecified atom stereocenters. The molecule has 0 rings (SSSR count). The first-order chi connectivity index (χ1) is 6.68. The zero-order chi connectivity index (χ0) is 10.9. The highest BCUT2D eigenvalue weighted by atomic mass is 32.2. The van der Waals surface area contributed by atoms with Gasteiger partial charge in [-0.3, -0.25) is 0 Å². The Hall–Kier alpha value is 0.270. The SMILES string of the molecule is CCCCSCCCC(O)(CC)CN. The standard InChI is InChI=1S/C11H25NOS/c1-3-5-8-14-9-6-7-11(13,4-2)10-12/h13H,3-10,12H2,1-2H3. The Morgan fingerprint density at radius 1 is 1.21 bits per heavy atom. The summed E-state index contributed by atoms with van der Waals surface area (Å²) in [6.45, 7) is 4.60. The number of hydrogen-bond donors (Lipinski definition) is 2. The van der Waals surface area contributed by atoms with Gasteiger partial charge in [-0.25, -0.2) is 0 Å². The van der Waals surface area contributed by atoms with Gasteiger partial charge < -0.3 is 10.8 Å². The quantitative estimate of drug-likeness (QED) is 0.585. The molecule has 0 heterocycles. The summed E-state index contributed by atoms with van der Waals surface area (Å²) < 4.78 is 0. The van der Waals surface area contributed by atoms with Crippen molar-refractivity contribution in [3.05, 3.63) is 0 Å². The molecule has 0 aliphatic carbocycles. The van der Waals surface area contributed by atoms with Gasteiger partial charge in [-0.05, 0) is 37.2 Å². The highest BCUT2D eigenvalue weighted by molar-refractivity contribution is 7.99. The van der Waals surface area contributed by atoms with Gasteiger partial charge in [0.2, 0.25) is 0 Å². The van der Waals surface area contributed by atoms with Crippen LogP contribution in [-0.2, 0) is 0 Å². The van der Waals surface area contributed by atoms with E-state index in [0.717, 1.165) is 25.0 Å². The van der Waals surface area contributed by atoms with E-state index in [4.69, 9.17) is 5.73 Å². The van der Waals surface area contributed by atoms with Crippen LogP contribution in [0.4, 0.5) is 0 Å². The van der Waals surface area contributed by atoms with Crippen molar-refractivity contribution in [2.24, 2.45) is 5.73 Å². The molecule has 1 atom stereocenters. The first-order valence-electron chi connectivity index (χ1n) is 5.68. The number of nitrogens with two attached hydrogens (primary N) is 1. The van der Waals surface area contributed by atoms with Gasteiger partial charge in [-0.2, -0.15) is 11.8 Å². The molecule has 14 heavy (non-hydrogen) atoms. The third kappa shape index (κ3) is 6.68. The van der Waals surface area contributed by atoms with Crippen molar-refractivity contribution in [3.8, 4) is 0 Å². The minimum atomic E-state index is -0.606. The van der Waals surface area contributed by atoms with Crippen LogP contribution in [0.5, 0.6) is 0 Å². The van der Waals surface area contributed by atoms with Crippen LogP contribution < -0.4 is 5.73 Å².